The molecule has 2 amide bonds. The summed E-state index contributed by atoms with van der Waals surface area (Å²) in [6.45, 7) is 1.78. The zero-order valence-electron chi connectivity index (χ0n) is 13.5. The number of rotatable bonds is 6. The summed E-state index contributed by atoms with van der Waals surface area (Å²) < 4.78 is 10.4. The van der Waals surface area contributed by atoms with Crippen LogP contribution in [0.3, 0.4) is 0 Å². The van der Waals surface area contributed by atoms with E-state index in [0.29, 0.717) is 17.1 Å². The lowest BCUT2D eigenvalue weighted by atomic mass is 10.1. The molecule has 1 aromatic carbocycles. The average molecular weight is 330 g/mol. The van der Waals surface area contributed by atoms with Crippen molar-refractivity contribution in [3.63, 3.8) is 0 Å². The van der Waals surface area contributed by atoms with Crippen molar-refractivity contribution in [2.45, 2.75) is 6.92 Å². The number of hydrogen-bond acceptors (Lipinski definition) is 5. The van der Waals surface area contributed by atoms with Crippen molar-refractivity contribution in [2.75, 3.05) is 19.5 Å². The summed E-state index contributed by atoms with van der Waals surface area (Å²) in [6, 6.07) is 5.33. The molecule has 8 heteroatoms. The standard InChI is InChI=1S/C16H18N4O4/c1-9(10-4-5-11(23-2)12(7-10)24-3)6-13(21)20-16-14(15(17)22)18-8-19-16/h4-8H,1-3H3,(H2,17,22)(H,18,19)(H,20,21)/b9-6+. The number of nitrogens with zero attached hydrogens (tertiary/aromatic N) is 1. The molecule has 0 aliphatic heterocycles. The van der Waals surface area contributed by atoms with E-state index in [0.717, 1.165) is 5.56 Å². The van der Waals surface area contributed by atoms with Gasteiger partial charge in [-0.25, -0.2) is 4.98 Å². The Bertz CT molecular complexity index is 795. The van der Waals surface area contributed by atoms with Gasteiger partial charge in [-0.1, -0.05) is 6.07 Å². The molecule has 1 aromatic heterocycles. The Balaban J connectivity index is 2.19. The van der Waals surface area contributed by atoms with E-state index in [1.807, 2.05) is 6.07 Å². The molecule has 0 fully saturated rings. The summed E-state index contributed by atoms with van der Waals surface area (Å²) >= 11 is 0. The number of aromatic nitrogens is 2. The average Bonchev–Trinajstić information content (AvgIpc) is 3.02. The third-order valence-corrected chi connectivity index (χ3v) is 3.31. The highest BCUT2D eigenvalue weighted by molar-refractivity contribution is 6.06. The van der Waals surface area contributed by atoms with Crippen LogP contribution < -0.4 is 20.5 Å². The predicted molar refractivity (Wildman–Crippen MR) is 88.9 cm³/mol. The first-order chi connectivity index (χ1) is 11.5. The number of primary amides is 1. The Morgan fingerprint density at radius 3 is 2.58 bits per heavy atom. The summed E-state index contributed by atoms with van der Waals surface area (Å²) in [5.41, 5.74) is 6.72. The SMILES string of the molecule is COc1ccc(/C(C)=C/C(=O)Nc2nc[nH]c2C(N)=O)cc1OC. The monoisotopic (exact) mass is 330 g/mol. The smallest absolute Gasteiger partial charge is 0.269 e. The molecule has 0 radical (unpaired) electrons. The van der Waals surface area contributed by atoms with Crippen LogP contribution in [0, 0.1) is 0 Å². The molecule has 0 saturated heterocycles. The van der Waals surface area contributed by atoms with Crippen molar-refractivity contribution in [3.05, 3.63) is 41.9 Å². The van der Waals surface area contributed by atoms with Gasteiger partial charge in [0.1, 0.15) is 5.69 Å². The molecule has 0 aliphatic carbocycles. The highest BCUT2D eigenvalue weighted by Crippen LogP contribution is 2.30. The number of carbonyl (C=O) groups is 2. The van der Waals surface area contributed by atoms with Gasteiger partial charge in [0, 0.05) is 6.08 Å². The van der Waals surface area contributed by atoms with Gasteiger partial charge in [-0.05, 0) is 30.2 Å². The first-order valence-electron chi connectivity index (χ1n) is 7.01. The Labute approximate surface area is 138 Å². The van der Waals surface area contributed by atoms with Gasteiger partial charge in [0.25, 0.3) is 5.91 Å². The van der Waals surface area contributed by atoms with Crippen molar-refractivity contribution in [1.29, 1.82) is 0 Å². The molecule has 2 rings (SSSR count). The number of amides is 2. The molecule has 0 saturated carbocycles. The minimum absolute atomic E-state index is 0.0421. The minimum atomic E-state index is -0.705. The Morgan fingerprint density at radius 1 is 1.25 bits per heavy atom. The quantitative estimate of drug-likeness (QED) is 0.695. The van der Waals surface area contributed by atoms with E-state index in [9.17, 15) is 9.59 Å². The lowest BCUT2D eigenvalue weighted by molar-refractivity contribution is -0.111. The Kier molecular flexibility index (Phi) is 5.20. The molecule has 8 nitrogen and oxygen atoms in total. The molecule has 0 aliphatic rings. The topological polar surface area (TPSA) is 119 Å². The van der Waals surface area contributed by atoms with Gasteiger partial charge in [-0.3, -0.25) is 9.59 Å². The van der Waals surface area contributed by atoms with Crippen LogP contribution in [0.4, 0.5) is 5.82 Å². The number of aromatic amines is 1. The third kappa shape index (κ3) is 3.72. The van der Waals surface area contributed by atoms with E-state index in [1.54, 1.807) is 26.2 Å². The Hall–Kier alpha value is -3.29. The molecule has 0 atom stereocenters. The lowest BCUT2D eigenvalue weighted by Crippen LogP contribution is -2.17. The van der Waals surface area contributed by atoms with E-state index in [-0.39, 0.29) is 11.5 Å². The Morgan fingerprint density at radius 2 is 1.96 bits per heavy atom. The second-order valence-corrected chi connectivity index (χ2v) is 4.88. The largest absolute Gasteiger partial charge is 0.493 e. The van der Waals surface area contributed by atoms with Gasteiger partial charge in [-0.2, -0.15) is 0 Å². The molecule has 1 heterocycles. The van der Waals surface area contributed by atoms with Crippen LogP contribution in [-0.2, 0) is 4.79 Å². The summed E-state index contributed by atoms with van der Waals surface area (Å²) in [7, 11) is 3.09. The maximum atomic E-state index is 12.1. The van der Waals surface area contributed by atoms with Crippen molar-refractivity contribution in [3.8, 4) is 11.5 Å². The van der Waals surface area contributed by atoms with Crippen LogP contribution in [0.15, 0.2) is 30.6 Å². The number of imidazole rings is 1. The zero-order valence-corrected chi connectivity index (χ0v) is 13.5. The van der Waals surface area contributed by atoms with Gasteiger partial charge < -0.3 is 25.5 Å². The number of nitrogens with two attached hydrogens (primary N) is 1. The zero-order chi connectivity index (χ0) is 17.7. The molecule has 126 valence electrons. The van der Waals surface area contributed by atoms with Crippen LogP contribution in [0.5, 0.6) is 11.5 Å². The van der Waals surface area contributed by atoms with Gasteiger partial charge in [-0.15, -0.1) is 0 Å². The normalized spacial score (nSPS) is 11.0. The van der Waals surface area contributed by atoms with E-state index in [1.165, 1.54) is 19.5 Å². The number of hydrogen-bond donors (Lipinski definition) is 3. The number of nitrogens with one attached hydrogen (secondary N) is 2. The second kappa shape index (κ2) is 7.32. The highest BCUT2D eigenvalue weighted by atomic mass is 16.5. The number of carbonyl (C=O) groups excluding carboxylic acids is 2. The number of allylic oxidation sites excluding steroid dienone is 1. The van der Waals surface area contributed by atoms with Crippen LogP contribution in [0.25, 0.3) is 5.57 Å². The predicted octanol–water partition coefficient (Wildman–Crippen LogP) is 1.57. The van der Waals surface area contributed by atoms with Gasteiger partial charge >= 0.3 is 0 Å². The van der Waals surface area contributed by atoms with Crippen molar-refractivity contribution in [1.82, 2.24) is 9.97 Å². The fourth-order valence-corrected chi connectivity index (χ4v) is 2.09. The van der Waals surface area contributed by atoms with Crippen LogP contribution in [0.1, 0.15) is 23.0 Å². The summed E-state index contributed by atoms with van der Waals surface area (Å²) in [6.07, 6.45) is 2.67. The lowest BCUT2D eigenvalue weighted by Gasteiger charge is -2.10. The first kappa shape index (κ1) is 17.1. The van der Waals surface area contributed by atoms with Crippen molar-refractivity contribution in [2.24, 2.45) is 5.73 Å². The maximum absolute atomic E-state index is 12.1. The van der Waals surface area contributed by atoms with E-state index < -0.39 is 11.8 Å². The van der Waals surface area contributed by atoms with E-state index >= 15 is 0 Å². The highest BCUT2D eigenvalue weighted by Gasteiger charge is 2.13. The number of methoxy groups -OCH3 is 2. The number of ether oxygens (including phenoxy) is 2. The molecule has 0 unspecified atom stereocenters. The van der Waals surface area contributed by atoms with Gasteiger partial charge in [0.2, 0.25) is 5.91 Å². The molecule has 2 aromatic rings. The fourth-order valence-electron chi connectivity index (χ4n) is 2.09. The molecular weight excluding hydrogens is 312 g/mol. The molecule has 4 N–H and O–H groups in total. The third-order valence-electron chi connectivity index (χ3n) is 3.31. The maximum Gasteiger partial charge on any atom is 0.269 e. The number of H-pyrrole nitrogens is 1. The fraction of sp³-hybridized carbons (Fsp3) is 0.188. The van der Waals surface area contributed by atoms with Gasteiger partial charge in [0.15, 0.2) is 17.3 Å². The minimum Gasteiger partial charge on any atom is -0.493 e. The van der Waals surface area contributed by atoms with Crippen LogP contribution >= 0.6 is 0 Å². The van der Waals surface area contributed by atoms with E-state index in [2.05, 4.69) is 15.3 Å². The molecule has 0 bridgehead atoms. The molecule has 0 spiro atoms. The number of anilines is 1. The summed E-state index contributed by atoms with van der Waals surface area (Å²) in [4.78, 5) is 29.7. The first-order valence-corrected chi connectivity index (χ1v) is 7.01. The van der Waals surface area contributed by atoms with Crippen molar-refractivity contribution >= 4 is 23.2 Å². The number of benzene rings is 1. The molecular formula is C16H18N4O4. The van der Waals surface area contributed by atoms with Crippen molar-refractivity contribution < 1.29 is 19.1 Å². The summed E-state index contributed by atoms with van der Waals surface area (Å²) in [5.74, 6) is 0.108. The van der Waals surface area contributed by atoms with E-state index in [4.69, 9.17) is 15.2 Å². The van der Waals surface area contributed by atoms with Crippen LogP contribution in [0.2, 0.25) is 0 Å². The van der Waals surface area contributed by atoms with Crippen LogP contribution in [-0.4, -0.2) is 36.0 Å². The van der Waals surface area contributed by atoms with Gasteiger partial charge in [0.05, 0.1) is 20.5 Å². The molecule has 24 heavy (non-hydrogen) atoms. The second-order valence-electron chi connectivity index (χ2n) is 4.88. The summed E-state index contributed by atoms with van der Waals surface area (Å²) in [5, 5.41) is 2.51.